The van der Waals surface area contributed by atoms with Crippen molar-refractivity contribution in [3.8, 4) is 0 Å². The molecular formula is C17H23N3O2. The van der Waals surface area contributed by atoms with Gasteiger partial charge in [0.25, 0.3) is 5.91 Å². The second-order valence-corrected chi connectivity index (χ2v) is 5.55. The van der Waals surface area contributed by atoms with Gasteiger partial charge < -0.3 is 19.9 Å². The Bertz CT molecular complexity index is 617. The standard InChI is InChI=1S/C17H23N3O2/c1-19(2)14-8-6-13(7-9-14)17(22)18-11-10-16(21)15-5-4-12-20(15)3/h4-9,12,16,21H,10-11H2,1-3H3,(H,18,22). The molecule has 5 nitrogen and oxygen atoms in total. The van der Waals surface area contributed by atoms with Gasteiger partial charge in [-0.2, -0.15) is 0 Å². The molecule has 2 N–H and O–H groups in total. The first-order valence-electron chi connectivity index (χ1n) is 7.34. The predicted molar refractivity (Wildman–Crippen MR) is 88.1 cm³/mol. The van der Waals surface area contributed by atoms with Crippen LogP contribution in [0.1, 0.15) is 28.6 Å². The zero-order chi connectivity index (χ0) is 16.1. The van der Waals surface area contributed by atoms with E-state index in [1.54, 1.807) is 12.1 Å². The fourth-order valence-corrected chi connectivity index (χ4v) is 2.30. The van der Waals surface area contributed by atoms with Gasteiger partial charge in [-0.05, 0) is 42.8 Å². The van der Waals surface area contributed by atoms with E-state index >= 15 is 0 Å². The van der Waals surface area contributed by atoms with Gasteiger partial charge in [0.1, 0.15) is 0 Å². The molecule has 0 aliphatic carbocycles. The summed E-state index contributed by atoms with van der Waals surface area (Å²) in [5.41, 5.74) is 2.53. The first-order chi connectivity index (χ1) is 10.5. The molecule has 1 amide bonds. The largest absolute Gasteiger partial charge is 0.387 e. The first kappa shape index (κ1) is 16.1. The van der Waals surface area contributed by atoms with Crippen molar-refractivity contribution in [1.29, 1.82) is 0 Å². The molecule has 1 atom stereocenters. The van der Waals surface area contributed by atoms with Crippen LogP contribution in [0.3, 0.4) is 0 Å². The van der Waals surface area contributed by atoms with Gasteiger partial charge in [0.05, 0.1) is 6.10 Å². The molecule has 0 fully saturated rings. The number of nitrogens with zero attached hydrogens (tertiary/aromatic N) is 2. The van der Waals surface area contributed by atoms with E-state index in [1.807, 2.05) is 61.1 Å². The van der Waals surface area contributed by atoms with E-state index in [0.29, 0.717) is 18.5 Å². The summed E-state index contributed by atoms with van der Waals surface area (Å²) >= 11 is 0. The molecule has 118 valence electrons. The van der Waals surface area contributed by atoms with Crippen LogP contribution in [0.25, 0.3) is 0 Å². The normalized spacial score (nSPS) is 12.0. The molecule has 1 aromatic carbocycles. The van der Waals surface area contributed by atoms with Gasteiger partial charge >= 0.3 is 0 Å². The number of amides is 1. The molecule has 2 rings (SSSR count). The Hall–Kier alpha value is -2.27. The molecule has 2 aromatic rings. The summed E-state index contributed by atoms with van der Waals surface area (Å²) in [6, 6.07) is 11.2. The smallest absolute Gasteiger partial charge is 0.251 e. The maximum absolute atomic E-state index is 12.0. The van der Waals surface area contributed by atoms with E-state index in [9.17, 15) is 9.90 Å². The molecule has 0 bridgehead atoms. The second kappa shape index (κ2) is 7.13. The summed E-state index contributed by atoms with van der Waals surface area (Å²) in [6.07, 6.45) is 1.81. The van der Waals surface area contributed by atoms with Crippen molar-refractivity contribution in [2.45, 2.75) is 12.5 Å². The quantitative estimate of drug-likeness (QED) is 0.857. The topological polar surface area (TPSA) is 57.5 Å². The molecule has 1 aromatic heterocycles. The Morgan fingerprint density at radius 2 is 1.95 bits per heavy atom. The number of aliphatic hydroxyl groups is 1. The predicted octanol–water partition coefficient (Wildman–Crippen LogP) is 1.94. The van der Waals surface area contributed by atoms with Gasteiger partial charge in [-0.15, -0.1) is 0 Å². The van der Waals surface area contributed by atoms with Crippen molar-refractivity contribution in [2.24, 2.45) is 7.05 Å². The third-order valence-corrected chi connectivity index (χ3v) is 3.67. The van der Waals surface area contributed by atoms with Crippen molar-refractivity contribution in [2.75, 3.05) is 25.5 Å². The lowest BCUT2D eigenvalue weighted by molar-refractivity contribution is 0.0941. The number of aromatic nitrogens is 1. The minimum Gasteiger partial charge on any atom is -0.387 e. The Labute approximate surface area is 131 Å². The van der Waals surface area contributed by atoms with Crippen LogP contribution in [0.2, 0.25) is 0 Å². The zero-order valence-electron chi connectivity index (χ0n) is 13.3. The molecule has 5 heteroatoms. The van der Waals surface area contributed by atoms with E-state index in [4.69, 9.17) is 0 Å². The van der Waals surface area contributed by atoms with Crippen LogP contribution in [0, 0.1) is 0 Å². The molecular weight excluding hydrogens is 278 g/mol. The maximum Gasteiger partial charge on any atom is 0.251 e. The maximum atomic E-state index is 12.0. The van der Waals surface area contributed by atoms with Crippen LogP contribution in [0.15, 0.2) is 42.6 Å². The third-order valence-electron chi connectivity index (χ3n) is 3.67. The Morgan fingerprint density at radius 1 is 1.27 bits per heavy atom. The SMILES string of the molecule is CN(C)c1ccc(C(=O)NCCC(O)c2cccn2C)cc1. The van der Waals surface area contributed by atoms with Crippen molar-refractivity contribution in [1.82, 2.24) is 9.88 Å². The van der Waals surface area contributed by atoms with E-state index in [1.165, 1.54) is 0 Å². The van der Waals surface area contributed by atoms with Gasteiger partial charge in [0.2, 0.25) is 0 Å². The number of benzene rings is 1. The minimum absolute atomic E-state index is 0.121. The highest BCUT2D eigenvalue weighted by atomic mass is 16.3. The van der Waals surface area contributed by atoms with Gasteiger partial charge in [-0.25, -0.2) is 0 Å². The Kier molecular flexibility index (Phi) is 5.22. The summed E-state index contributed by atoms with van der Waals surface area (Å²) in [5.74, 6) is -0.121. The van der Waals surface area contributed by atoms with E-state index in [0.717, 1.165) is 11.4 Å². The third kappa shape index (κ3) is 3.89. The van der Waals surface area contributed by atoms with E-state index in [2.05, 4.69) is 5.32 Å². The summed E-state index contributed by atoms with van der Waals surface area (Å²) in [4.78, 5) is 14.0. The average molecular weight is 301 g/mol. The van der Waals surface area contributed by atoms with Crippen molar-refractivity contribution in [3.63, 3.8) is 0 Å². The summed E-state index contributed by atoms with van der Waals surface area (Å²) in [6.45, 7) is 0.431. The van der Waals surface area contributed by atoms with Crippen molar-refractivity contribution < 1.29 is 9.90 Å². The van der Waals surface area contributed by atoms with Gasteiger partial charge in [-0.3, -0.25) is 4.79 Å². The number of rotatable bonds is 6. The van der Waals surface area contributed by atoms with Gasteiger partial charge in [0, 0.05) is 50.8 Å². The Balaban J connectivity index is 1.84. The van der Waals surface area contributed by atoms with Crippen LogP contribution < -0.4 is 10.2 Å². The molecule has 0 saturated carbocycles. The van der Waals surface area contributed by atoms with Crippen LogP contribution >= 0.6 is 0 Å². The lowest BCUT2D eigenvalue weighted by Crippen LogP contribution is -2.26. The fourth-order valence-electron chi connectivity index (χ4n) is 2.30. The van der Waals surface area contributed by atoms with Crippen LogP contribution in [0.4, 0.5) is 5.69 Å². The molecule has 0 spiro atoms. The number of carbonyl (C=O) groups is 1. The number of nitrogens with one attached hydrogen (secondary N) is 1. The number of aryl methyl sites for hydroxylation is 1. The lowest BCUT2D eigenvalue weighted by atomic mass is 10.1. The average Bonchev–Trinajstić information content (AvgIpc) is 2.93. The molecule has 0 saturated heterocycles. The minimum atomic E-state index is -0.573. The number of hydrogen-bond acceptors (Lipinski definition) is 3. The number of aliphatic hydroxyl groups excluding tert-OH is 1. The van der Waals surface area contributed by atoms with Crippen molar-refractivity contribution in [3.05, 3.63) is 53.9 Å². The molecule has 22 heavy (non-hydrogen) atoms. The zero-order valence-corrected chi connectivity index (χ0v) is 13.3. The monoisotopic (exact) mass is 301 g/mol. The number of carbonyl (C=O) groups excluding carboxylic acids is 1. The molecule has 0 aliphatic rings. The lowest BCUT2D eigenvalue weighted by Gasteiger charge is -2.14. The van der Waals surface area contributed by atoms with E-state index < -0.39 is 6.10 Å². The number of hydrogen-bond donors (Lipinski definition) is 2. The number of anilines is 1. The molecule has 1 heterocycles. The Morgan fingerprint density at radius 3 is 2.50 bits per heavy atom. The second-order valence-electron chi connectivity index (χ2n) is 5.55. The summed E-state index contributed by atoms with van der Waals surface area (Å²) in [5, 5.41) is 12.9. The fraction of sp³-hybridized carbons (Fsp3) is 0.353. The highest BCUT2D eigenvalue weighted by Gasteiger charge is 2.11. The molecule has 0 aliphatic heterocycles. The van der Waals surface area contributed by atoms with Gasteiger partial charge in [-0.1, -0.05) is 0 Å². The summed E-state index contributed by atoms with van der Waals surface area (Å²) < 4.78 is 1.88. The van der Waals surface area contributed by atoms with E-state index in [-0.39, 0.29) is 5.91 Å². The van der Waals surface area contributed by atoms with Crippen LogP contribution in [-0.2, 0) is 7.05 Å². The highest BCUT2D eigenvalue weighted by molar-refractivity contribution is 5.94. The van der Waals surface area contributed by atoms with Gasteiger partial charge in [0.15, 0.2) is 0 Å². The molecule has 0 radical (unpaired) electrons. The van der Waals surface area contributed by atoms with Crippen LogP contribution in [-0.4, -0.2) is 36.2 Å². The molecule has 1 unspecified atom stereocenters. The summed E-state index contributed by atoms with van der Waals surface area (Å²) in [7, 11) is 5.81. The highest BCUT2D eigenvalue weighted by Crippen LogP contribution is 2.16. The first-order valence-corrected chi connectivity index (χ1v) is 7.34. The van der Waals surface area contributed by atoms with Crippen molar-refractivity contribution >= 4 is 11.6 Å². The van der Waals surface area contributed by atoms with Crippen LogP contribution in [0.5, 0.6) is 0 Å².